The Balaban J connectivity index is 3.24. The lowest BCUT2D eigenvalue weighted by Crippen LogP contribution is -2.12. The summed E-state index contributed by atoms with van der Waals surface area (Å²) in [6.07, 6.45) is 1.33. The molecule has 0 fully saturated rings. The fourth-order valence-corrected chi connectivity index (χ4v) is 1.90. The Kier molecular flexibility index (Phi) is 5.06. The molecule has 0 aliphatic heterocycles. The van der Waals surface area contributed by atoms with Crippen LogP contribution in [-0.2, 0) is 22.4 Å². The van der Waals surface area contributed by atoms with Gasteiger partial charge in [-0.3, -0.25) is 9.59 Å². The van der Waals surface area contributed by atoms with Crippen LogP contribution in [0.2, 0.25) is 0 Å². The topological polar surface area (TPSA) is 67.2 Å². The number of carbonyl (C=O) groups is 2. The second-order valence-corrected chi connectivity index (χ2v) is 3.72. The van der Waals surface area contributed by atoms with E-state index in [2.05, 4.69) is 6.07 Å². The van der Waals surface area contributed by atoms with Crippen molar-refractivity contribution in [2.24, 2.45) is 0 Å². The molecule has 0 spiro atoms. The van der Waals surface area contributed by atoms with E-state index in [0.717, 1.165) is 5.56 Å². The second-order valence-electron chi connectivity index (χ2n) is 3.72. The summed E-state index contributed by atoms with van der Waals surface area (Å²) >= 11 is 0. The number of rotatable bonds is 5. The maximum atomic E-state index is 11.5. The van der Waals surface area contributed by atoms with Gasteiger partial charge < -0.3 is 4.74 Å². The zero-order valence-electron chi connectivity index (χ0n) is 10.5. The predicted octanol–water partition coefficient (Wildman–Crippen LogP) is 2.04. The quantitative estimate of drug-likeness (QED) is 0.588. The molecule has 1 aromatic carbocycles. The highest BCUT2D eigenvalue weighted by molar-refractivity contribution is 5.83. The van der Waals surface area contributed by atoms with E-state index in [0.29, 0.717) is 36.0 Å². The minimum atomic E-state index is -0.384. The molecule has 1 rings (SSSR count). The van der Waals surface area contributed by atoms with Gasteiger partial charge in [-0.15, -0.1) is 0 Å². The fourth-order valence-electron chi connectivity index (χ4n) is 1.90. The number of nitriles is 1. The van der Waals surface area contributed by atoms with Crippen molar-refractivity contribution in [3.63, 3.8) is 0 Å². The van der Waals surface area contributed by atoms with Crippen molar-refractivity contribution in [2.75, 3.05) is 6.61 Å². The Morgan fingerprint density at radius 3 is 2.61 bits per heavy atom. The zero-order chi connectivity index (χ0) is 13.5. The molecular weight excluding hydrogens is 230 g/mol. The van der Waals surface area contributed by atoms with Crippen LogP contribution in [0.15, 0.2) is 12.1 Å². The van der Waals surface area contributed by atoms with Gasteiger partial charge in [-0.2, -0.15) is 5.26 Å². The first kappa shape index (κ1) is 13.9. The van der Waals surface area contributed by atoms with Crippen molar-refractivity contribution >= 4 is 12.3 Å². The summed E-state index contributed by atoms with van der Waals surface area (Å²) in [6.45, 7) is 3.92. The van der Waals surface area contributed by atoms with Gasteiger partial charge in [0.2, 0.25) is 0 Å². The second kappa shape index (κ2) is 6.55. The van der Waals surface area contributed by atoms with Crippen LogP contribution >= 0.6 is 0 Å². The summed E-state index contributed by atoms with van der Waals surface area (Å²) in [5.41, 5.74) is 2.29. The number of aldehydes is 1. The van der Waals surface area contributed by atoms with Gasteiger partial charge in [0.25, 0.3) is 0 Å². The molecule has 0 aromatic heterocycles. The Labute approximate surface area is 106 Å². The van der Waals surface area contributed by atoms with Crippen LogP contribution in [0.1, 0.15) is 40.9 Å². The Bertz CT molecular complexity index is 500. The first-order valence-corrected chi connectivity index (χ1v) is 5.83. The maximum Gasteiger partial charge on any atom is 0.310 e. The molecule has 94 valence electrons. The molecule has 0 atom stereocenters. The molecule has 0 radical (unpaired) electrons. The average Bonchev–Trinajstić information content (AvgIpc) is 2.38. The molecule has 0 N–H and O–H groups in total. The Morgan fingerprint density at radius 1 is 1.39 bits per heavy atom. The lowest BCUT2D eigenvalue weighted by Gasteiger charge is -2.11. The predicted molar refractivity (Wildman–Crippen MR) is 66.3 cm³/mol. The van der Waals surface area contributed by atoms with E-state index in [9.17, 15) is 9.59 Å². The number of nitrogens with zero attached hydrogens (tertiary/aromatic N) is 1. The number of ether oxygens (including phenoxy) is 1. The summed E-state index contributed by atoms with van der Waals surface area (Å²) in [5, 5.41) is 9.02. The van der Waals surface area contributed by atoms with E-state index in [1.54, 1.807) is 19.1 Å². The number of esters is 1. The van der Waals surface area contributed by atoms with Gasteiger partial charge in [0, 0.05) is 5.56 Å². The molecular formula is C14H15NO3. The summed E-state index contributed by atoms with van der Waals surface area (Å²) in [6, 6.07) is 5.25. The highest BCUT2D eigenvalue weighted by atomic mass is 16.5. The standard InChI is InChI=1S/C14H15NO3/c1-3-12-10(8-15)5-6-11(9-16)13(12)7-14(17)18-4-2/h5-6,9H,3-4,7H2,1-2H3. The van der Waals surface area contributed by atoms with Crippen molar-refractivity contribution in [1.82, 2.24) is 0 Å². The van der Waals surface area contributed by atoms with E-state index in [4.69, 9.17) is 10.00 Å². The largest absolute Gasteiger partial charge is 0.466 e. The lowest BCUT2D eigenvalue weighted by molar-refractivity contribution is -0.142. The summed E-state index contributed by atoms with van der Waals surface area (Å²) in [7, 11) is 0. The monoisotopic (exact) mass is 245 g/mol. The van der Waals surface area contributed by atoms with Crippen molar-refractivity contribution in [3.8, 4) is 6.07 Å². The molecule has 0 heterocycles. The number of hydrogen-bond acceptors (Lipinski definition) is 4. The van der Waals surface area contributed by atoms with Gasteiger partial charge >= 0.3 is 5.97 Å². The fraction of sp³-hybridized carbons (Fsp3) is 0.357. The molecule has 0 aliphatic carbocycles. The van der Waals surface area contributed by atoms with Crippen LogP contribution in [0.3, 0.4) is 0 Å². The molecule has 0 saturated heterocycles. The van der Waals surface area contributed by atoms with Crippen molar-refractivity contribution in [1.29, 1.82) is 5.26 Å². The molecule has 4 nitrogen and oxygen atoms in total. The first-order chi connectivity index (χ1) is 8.67. The number of hydrogen-bond donors (Lipinski definition) is 0. The van der Waals surface area contributed by atoms with Crippen LogP contribution in [0.25, 0.3) is 0 Å². The molecule has 1 aromatic rings. The number of carbonyl (C=O) groups excluding carboxylic acids is 2. The third-order valence-corrected chi connectivity index (χ3v) is 2.69. The van der Waals surface area contributed by atoms with Crippen LogP contribution in [0.5, 0.6) is 0 Å². The van der Waals surface area contributed by atoms with Gasteiger partial charge in [0.15, 0.2) is 0 Å². The molecule has 0 unspecified atom stereocenters. The molecule has 0 aliphatic rings. The van der Waals surface area contributed by atoms with Crippen molar-refractivity contribution in [3.05, 3.63) is 34.4 Å². The van der Waals surface area contributed by atoms with E-state index in [1.165, 1.54) is 0 Å². The highest BCUT2D eigenvalue weighted by Crippen LogP contribution is 2.20. The highest BCUT2D eigenvalue weighted by Gasteiger charge is 2.15. The first-order valence-electron chi connectivity index (χ1n) is 5.83. The zero-order valence-corrected chi connectivity index (χ0v) is 10.5. The van der Waals surface area contributed by atoms with Crippen LogP contribution in [0, 0.1) is 11.3 Å². The smallest absolute Gasteiger partial charge is 0.310 e. The minimum Gasteiger partial charge on any atom is -0.466 e. The van der Waals surface area contributed by atoms with E-state index in [1.807, 2.05) is 6.92 Å². The van der Waals surface area contributed by atoms with E-state index in [-0.39, 0.29) is 12.4 Å². The Morgan fingerprint density at radius 2 is 2.11 bits per heavy atom. The molecule has 4 heteroatoms. The lowest BCUT2D eigenvalue weighted by atomic mass is 9.93. The summed E-state index contributed by atoms with van der Waals surface area (Å²) < 4.78 is 4.88. The van der Waals surface area contributed by atoms with Gasteiger partial charge in [-0.05, 0) is 30.5 Å². The summed E-state index contributed by atoms with van der Waals surface area (Å²) in [4.78, 5) is 22.5. The van der Waals surface area contributed by atoms with Crippen LogP contribution < -0.4 is 0 Å². The molecule has 0 bridgehead atoms. The van der Waals surface area contributed by atoms with Gasteiger partial charge in [0.1, 0.15) is 6.29 Å². The molecule has 0 saturated carbocycles. The maximum absolute atomic E-state index is 11.5. The minimum absolute atomic E-state index is 0.0284. The van der Waals surface area contributed by atoms with E-state index < -0.39 is 0 Å². The SMILES string of the molecule is CCOC(=O)Cc1c(C=O)ccc(C#N)c1CC. The van der Waals surface area contributed by atoms with Gasteiger partial charge in [-0.1, -0.05) is 13.0 Å². The third-order valence-electron chi connectivity index (χ3n) is 2.69. The van der Waals surface area contributed by atoms with Crippen LogP contribution in [0.4, 0.5) is 0 Å². The average molecular weight is 245 g/mol. The van der Waals surface area contributed by atoms with Gasteiger partial charge in [-0.25, -0.2) is 0 Å². The van der Waals surface area contributed by atoms with E-state index >= 15 is 0 Å². The van der Waals surface area contributed by atoms with Crippen molar-refractivity contribution in [2.45, 2.75) is 26.7 Å². The van der Waals surface area contributed by atoms with Gasteiger partial charge in [0.05, 0.1) is 24.7 Å². The third kappa shape index (κ3) is 2.95. The normalized spacial score (nSPS) is 9.61. The summed E-state index contributed by atoms with van der Waals surface area (Å²) in [5.74, 6) is -0.384. The molecule has 0 amide bonds. The van der Waals surface area contributed by atoms with Crippen molar-refractivity contribution < 1.29 is 14.3 Å². The molecule has 18 heavy (non-hydrogen) atoms. The number of benzene rings is 1. The Hall–Kier alpha value is -2.15. The van der Waals surface area contributed by atoms with Crippen LogP contribution in [-0.4, -0.2) is 18.9 Å².